The van der Waals surface area contributed by atoms with Crippen LogP contribution in [0.1, 0.15) is 25.8 Å². The number of aliphatic hydroxyl groups is 1. The van der Waals surface area contributed by atoms with Gasteiger partial charge in [0.05, 0.1) is 12.2 Å². The number of nitrogens with zero attached hydrogens (tertiary/aromatic N) is 1. The summed E-state index contributed by atoms with van der Waals surface area (Å²) >= 11 is 0. The van der Waals surface area contributed by atoms with Crippen LogP contribution in [0.15, 0.2) is 17.2 Å². The molecule has 0 aliphatic carbocycles. The summed E-state index contributed by atoms with van der Waals surface area (Å²) in [5, 5.41) is 11.4. The second-order valence-electron chi connectivity index (χ2n) is 4.50. The highest BCUT2D eigenvalue weighted by molar-refractivity contribution is 7.89. The van der Waals surface area contributed by atoms with Gasteiger partial charge in [0, 0.05) is 18.8 Å². The first-order chi connectivity index (χ1) is 10.2. The lowest BCUT2D eigenvalue weighted by atomic mass is 10.2. The Balaban J connectivity index is 3.26. The number of sulfonamides is 1. The second-order valence-corrected chi connectivity index (χ2v) is 6.22. The van der Waals surface area contributed by atoms with Crippen molar-refractivity contribution in [2.24, 2.45) is 0 Å². The molecule has 0 aliphatic heterocycles. The van der Waals surface area contributed by atoms with Crippen LogP contribution in [0.2, 0.25) is 0 Å². The third kappa shape index (κ3) is 4.55. The van der Waals surface area contributed by atoms with Crippen molar-refractivity contribution in [3.8, 4) is 0 Å². The van der Waals surface area contributed by atoms with Crippen molar-refractivity contribution in [3.63, 3.8) is 0 Å². The van der Waals surface area contributed by atoms with E-state index in [-0.39, 0.29) is 6.54 Å². The summed E-state index contributed by atoms with van der Waals surface area (Å²) in [5.41, 5.74) is -1.16. The van der Waals surface area contributed by atoms with Crippen molar-refractivity contribution < 1.29 is 26.7 Å². The summed E-state index contributed by atoms with van der Waals surface area (Å²) in [4.78, 5) is 2.94. The van der Waals surface area contributed by atoms with Crippen LogP contribution in [0.25, 0.3) is 0 Å². The predicted molar refractivity (Wildman–Crippen MR) is 74.9 cm³/mol. The minimum atomic E-state index is -4.74. The summed E-state index contributed by atoms with van der Waals surface area (Å²) in [6.07, 6.45) is -3.60. The van der Waals surface area contributed by atoms with Crippen molar-refractivity contribution in [2.75, 3.05) is 18.5 Å². The Labute approximate surface area is 126 Å². The van der Waals surface area contributed by atoms with Crippen molar-refractivity contribution >= 4 is 15.8 Å². The quantitative estimate of drug-likeness (QED) is 0.700. The zero-order valence-electron chi connectivity index (χ0n) is 12.1. The molecule has 0 radical (unpaired) electrons. The topological polar surface area (TPSA) is 91.3 Å². The molecule has 1 aromatic rings. The number of halogens is 3. The molecule has 0 spiro atoms. The minimum absolute atomic E-state index is 0.211. The first kappa shape index (κ1) is 18.7. The zero-order chi connectivity index (χ0) is 17.0. The molecular formula is C12H18F3N3O3S. The summed E-state index contributed by atoms with van der Waals surface area (Å²) < 4.78 is 65.2. The highest BCUT2D eigenvalue weighted by atomic mass is 32.2. The van der Waals surface area contributed by atoms with Gasteiger partial charge >= 0.3 is 6.18 Å². The van der Waals surface area contributed by atoms with Gasteiger partial charge in [-0.3, -0.25) is 0 Å². The molecule has 0 aliphatic rings. The molecule has 1 aromatic heterocycles. The van der Waals surface area contributed by atoms with Gasteiger partial charge in [-0.15, -0.1) is 0 Å². The maximum atomic E-state index is 13.0. The molecule has 6 nitrogen and oxygen atoms in total. The Hall–Kier alpha value is -1.39. The summed E-state index contributed by atoms with van der Waals surface area (Å²) in [6.45, 7) is 2.99. The fourth-order valence-corrected chi connectivity index (χ4v) is 2.93. The van der Waals surface area contributed by atoms with Gasteiger partial charge in [0.25, 0.3) is 0 Å². The van der Waals surface area contributed by atoms with Gasteiger partial charge in [0.2, 0.25) is 10.0 Å². The van der Waals surface area contributed by atoms with Crippen molar-refractivity contribution in [3.05, 3.63) is 17.8 Å². The van der Waals surface area contributed by atoms with E-state index in [9.17, 15) is 21.6 Å². The average molecular weight is 341 g/mol. The molecule has 126 valence electrons. The van der Waals surface area contributed by atoms with Crippen LogP contribution in [0, 0.1) is 0 Å². The lowest BCUT2D eigenvalue weighted by Crippen LogP contribution is -2.37. The third-order valence-electron chi connectivity index (χ3n) is 2.86. The minimum Gasteiger partial charge on any atom is -0.395 e. The number of nitrogens with one attached hydrogen (secondary N) is 2. The van der Waals surface area contributed by atoms with E-state index in [1.165, 1.54) is 0 Å². The fraction of sp³-hybridized carbons (Fsp3) is 0.583. The Kier molecular flexibility index (Phi) is 6.15. The molecule has 0 saturated carbocycles. The lowest BCUT2D eigenvalue weighted by molar-refractivity contribution is -0.137. The van der Waals surface area contributed by atoms with Crippen molar-refractivity contribution in [2.45, 2.75) is 37.4 Å². The molecule has 0 fully saturated rings. The molecule has 10 heteroatoms. The Morgan fingerprint density at radius 1 is 1.36 bits per heavy atom. The lowest BCUT2D eigenvalue weighted by Gasteiger charge is -2.17. The molecule has 0 saturated heterocycles. The van der Waals surface area contributed by atoms with E-state index in [0.717, 1.165) is 6.20 Å². The number of hydrogen-bond acceptors (Lipinski definition) is 5. The van der Waals surface area contributed by atoms with Gasteiger partial charge in [-0.05, 0) is 19.4 Å². The van der Waals surface area contributed by atoms with Gasteiger partial charge in [-0.2, -0.15) is 13.2 Å². The average Bonchev–Trinajstić information content (AvgIpc) is 2.44. The maximum absolute atomic E-state index is 13.0. The number of aromatic nitrogens is 1. The van der Waals surface area contributed by atoms with Gasteiger partial charge in [-0.25, -0.2) is 18.1 Å². The Morgan fingerprint density at radius 2 is 2.00 bits per heavy atom. The monoisotopic (exact) mass is 341 g/mol. The number of alkyl halides is 3. The molecule has 0 amide bonds. The molecule has 0 unspecified atom stereocenters. The van der Waals surface area contributed by atoms with Gasteiger partial charge in [0.15, 0.2) is 0 Å². The van der Waals surface area contributed by atoms with Crippen LogP contribution < -0.4 is 10.0 Å². The van der Waals surface area contributed by atoms with E-state index in [2.05, 4.69) is 15.0 Å². The molecule has 22 heavy (non-hydrogen) atoms. The van der Waals surface area contributed by atoms with Crippen LogP contribution >= 0.6 is 0 Å². The van der Waals surface area contributed by atoms with Gasteiger partial charge in [-0.1, -0.05) is 6.92 Å². The number of pyridine rings is 1. The molecule has 3 N–H and O–H groups in total. The molecule has 1 rings (SSSR count). The van der Waals surface area contributed by atoms with Gasteiger partial charge in [0.1, 0.15) is 10.7 Å². The number of aliphatic hydroxyl groups excluding tert-OH is 1. The van der Waals surface area contributed by atoms with Crippen molar-refractivity contribution in [1.29, 1.82) is 0 Å². The van der Waals surface area contributed by atoms with Crippen LogP contribution in [-0.4, -0.2) is 37.7 Å². The first-order valence-corrected chi connectivity index (χ1v) is 8.08. The van der Waals surface area contributed by atoms with Crippen LogP contribution in [0.4, 0.5) is 19.0 Å². The third-order valence-corrected chi connectivity index (χ3v) is 4.35. The van der Waals surface area contributed by atoms with E-state index in [0.29, 0.717) is 12.5 Å². The predicted octanol–water partition coefficient (Wildman–Crippen LogP) is 1.58. The van der Waals surface area contributed by atoms with E-state index in [4.69, 9.17) is 5.11 Å². The first-order valence-electron chi connectivity index (χ1n) is 6.60. The number of rotatable bonds is 7. The van der Waals surface area contributed by atoms with Crippen molar-refractivity contribution in [1.82, 2.24) is 9.71 Å². The van der Waals surface area contributed by atoms with E-state index in [1.807, 2.05) is 0 Å². The molecule has 1 heterocycles. The number of hydrogen-bond donors (Lipinski definition) is 3. The number of anilines is 1. The van der Waals surface area contributed by atoms with Gasteiger partial charge < -0.3 is 10.4 Å². The maximum Gasteiger partial charge on any atom is 0.419 e. The summed E-state index contributed by atoms with van der Waals surface area (Å²) in [5.74, 6) is -0.428. The Bertz CT molecular complexity index is 601. The van der Waals surface area contributed by atoms with Crippen LogP contribution in [0.3, 0.4) is 0 Å². The van der Waals surface area contributed by atoms with Crippen LogP contribution in [-0.2, 0) is 16.2 Å². The smallest absolute Gasteiger partial charge is 0.395 e. The molecule has 0 aromatic carbocycles. The zero-order valence-corrected chi connectivity index (χ0v) is 12.9. The Morgan fingerprint density at radius 3 is 2.45 bits per heavy atom. The highest BCUT2D eigenvalue weighted by Crippen LogP contribution is 2.35. The van der Waals surface area contributed by atoms with E-state index >= 15 is 0 Å². The molecule has 0 bridgehead atoms. The SMILES string of the molecule is CCNc1ncc(S(=O)(=O)N[C@H](CC)CO)cc1C(F)(F)F. The van der Waals surface area contributed by atoms with E-state index < -0.39 is 45.1 Å². The largest absolute Gasteiger partial charge is 0.419 e. The molecular weight excluding hydrogens is 323 g/mol. The molecule has 1 atom stereocenters. The summed E-state index contributed by atoms with van der Waals surface area (Å²) in [7, 11) is -4.20. The standard InChI is InChI=1S/C12H18F3N3O3S/c1-3-8(7-19)18-22(20,21)9-5-10(12(13,14)15)11(16-4-2)17-6-9/h5-6,8,18-19H,3-4,7H2,1-2H3,(H,16,17)/t8-/m1/s1. The normalized spacial score (nSPS) is 13.9. The highest BCUT2D eigenvalue weighted by Gasteiger charge is 2.36. The summed E-state index contributed by atoms with van der Waals surface area (Å²) in [6, 6.07) is -0.245. The van der Waals surface area contributed by atoms with Crippen LogP contribution in [0.5, 0.6) is 0 Å². The second kappa shape index (κ2) is 7.25. The fourth-order valence-electron chi connectivity index (χ4n) is 1.65. The van der Waals surface area contributed by atoms with E-state index in [1.54, 1.807) is 13.8 Å².